The Morgan fingerprint density at radius 1 is 1.19 bits per heavy atom. The second kappa shape index (κ2) is 7.54. The molecule has 122 valence electrons. The number of amides is 1. The van der Waals surface area contributed by atoms with Gasteiger partial charge in [-0.3, -0.25) is 9.69 Å². The molecule has 2 saturated heterocycles. The van der Waals surface area contributed by atoms with Gasteiger partial charge in [-0.05, 0) is 27.9 Å². The fourth-order valence-electron chi connectivity index (χ4n) is 3.11. The van der Waals surface area contributed by atoms with E-state index in [1.54, 1.807) is 0 Å². The summed E-state index contributed by atoms with van der Waals surface area (Å²) in [6, 6.07) is 0. The van der Waals surface area contributed by atoms with Crippen molar-refractivity contribution in [3.8, 4) is 0 Å². The van der Waals surface area contributed by atoms with Crippen molar-refractivity contribution in [2.75, 3.05) is 60.0 Å². The molecule has 1 amide bonds. The average Bonchev–Trinajstić information content (AvgIpc) is 2.37. The molecule has 0 aromatic carbocycles. The second-order valence-corrected chi connectivity index (χ2v) is 6.55. The molecule has 2 aliphatic rings. The molecular formula is C15H29N3O3. The van der Waals surface area contributed by atoms with E-state index in [1.807, 2.05) is 32.8 Å². The van der Waals surface area contributed by atoms with Crippen LogP contribution < -0.4 is 0 Å². The molecule has 2 fully saturated rings. The van der Waals surface area contributed by atoms with Crippen molar-refractivity contribution in [3.05, 3.63) is 0 Å². The molecule has 0 aromatic heterocycles. The minimum atomic E-state index is 0.129. The van der Waals surface area contributed by atoms with Crippen molar-refractivity contribution in [1.29, 1.82) is 0 Å². The molecule has 0 radical (unpaired) electrons. The van der Waals surface area contributed by atoms with E-state index in [1.165, 1.54) is 0 Å². The zero-order valence-corrected chi connectivity index (χ0v) is 13.7. The van der Waals surface area contributed by atoms with Crippen LogP contribution >= 0.6 is 0 Å². The standard InChI is InChI=1S/C15H29N3O3/c1-12-7-18(8-13(2)21-12)15(19)11-17-5-6-20-14(10-17)9-16(3)4/h12-14H,5-11H2,1-4H3/t12-,13+,14-/m0/s1. The van der Waals surface area contributed by atoms with Crippen LogP contribution in [0.4, 0.5) is 0 Å². The molecule has 0 saturated carbocycles. The van der Waals surface area contributed by atoms with E-state index in [0.717, 1.165) is 19.6 Å². The number of hydrogen-bond acceptors (Lipinski definition) is 5. The maximum Gasteiger partial charge on any atom is 0.236 e. The zero-order chi connectivity index (χ0) is 15.4. The summed E-state index contributed by atoms with van der Waals surface area (Å²) < 4.78 is 11.4. The van der Waals surface area contributed by atoms with Crippen molar-refractivity contribution < 1.29 is 14.3 Å². The highest BCUT2D eigenvalue weighted by atomic mass is 16.5. The Morgan fingerprint density at radius 3 is 2.48 bits per heavy atom. The third kappa shape index (κ3) is 5.21. The van der Waals surface area contributed by atoms with E-state index < -0.39 is 0 Å². The van der Waals surface area contributed by atoms with Gasteiger partial charge in [-0.25, -0.2) is 0 Å². The summed E-state index contributed by atoms with van der Waals surface area (Å²) in [5.74, 6) is 0.211. The van der Waals surface area contributed by atoms with Gasteiger partial charge >= 0.3 is 0 Å². The van der Waals surface area contributed by atoms with Gasteiger partial charge in [0.05, 0.1) is 31.5 Å². The van der Waals surface area contributed by atoms with Crippen LogP contribution in [0.3, 0.4) is 0 Å². The lowest BCUT2D eigenvalue weighted by Crippen LogP contribution is -2.53. The molecule has 3 atom stereocenters. The number of likely N-dealkylation sites (N-methyl/N-ethyl adjacent to an activating group) is 1. The molecule has 0 spiro atoms. The van der Waals surface area contributed by atoms with Gasteiger partial charge in [0.2, 0.25) is 5.91 Å². The summed E-state index contributed by atoms with van der Waals surface area (Å²) in [7, 11) is 4.09. The topological polar surface area (TPSA) is 45.2 Å². The third-order valence-corrected chi connectivity index (χ3v) is 3.92. The van der Waals surface area contributed by atoms with Crippen molar-refractivity contribution in [2.24, 2.45) is 0 Å². The lowest BCUT2D eigenvalue weighted by Gasteiger charge is -2.38. The van der Waals surface area contributed by atoms with Gasteiger partial charge in [0.1, 0.15) is 0 Å². The van der Waals surface area contributed by atoms with Gasteiger partial charge in [-0.1, -0.05) is 0 Å². The Hall–Kier alpha value is -0.690. The van der Waals surface area contributed by atoms with Crippen LogP contribution in [0.2, 0.25) is 0 Å². The molecular weight excluding hydrogens is 270 g/mol. The summed E-state index contributed by atoms with van der Waals surface area (Å²) in [6.45, 7) is 9.23. The molecule has 0 N–H and O–H groups in total. The first kappa shape index (κ1) is 16.7. The zero-order valence-electron chi connectivity index (χ0n) is 13.7. The quantitative estimate of drug-likeness (QED) is 0.724. The van der Waals surface area contributed by atoms with Crippen molar-refractivity contribution in [1.82, 2.24) is 14.7 Å². The van der Waals surface area contributed by atoms with E-state index in [4.69, 9.17) is 9.47 Å². The predicted octanol–water partition coefficient (Wildman–Crippen LogP) is -0.115. The molecule has 6 heteroatoms. The maximum absolute atomic E-state index is 12.5. The second-order valence-electron chi connectivity index (χ2n) is 6.55. The molecule has 2 rings (SSSR count). The fourth-order valence-corrected chi connectivity index (χ4v) is 3.11. The van der Waals surface area contributed by atoms with Crippen LogP contribution in [0.15, 0.2) is 0 Å². The predicted molar refractivity (Wildman–Crippen MR) is 81.3 cm³/mol. The van der Waals surface area contributed by atoms with E-state index in [2.05, 4.69) is 9.80 Å². The van der Waals surface area contributed by atoms with E-state index >= 15 is 0 Å². The molecule has 0 bridgehead atoms. The summed E-state index contributed by atoms with van der Waals surface area (Å²) in [6.07, 6.45) is 0.455. The largest absolute Gasteiger partial charge is 0.374 e. The smallest absolute Gasteiger partial charge is 0.236 e. The first-order valence-electron chi connectivity index (χ1n) is 7.86. The molecule has 2 aliphatic heterocycles. The summed E-state index contributed by atoms with van der Waals surface area (Å²) in [5.41, 5.74) is 0. The van der Waals surface area contributed by atoms with Gasteiger partial charge in [-0.2, -0.15) is 0 Å². The van der Waals surface area contributed by atoms with Crippen LogP contribution in [0, 0.1) is 0 Å². The normalized spacial score (nSPS) is 31.7. The number of nitrogens with zero attached hydrogens (tertiary/aromatic N) is 3. The highest BCUT2D eigenvalue weighted by Gasteiger charge is 2.28. The fraction of sp³-hybridized carbons (Fsp3) is 0.933. The number of carbonyl (C=O) groups is 1. The van der Waals surface area contributed by atoms with Gasteiger partial charge in [-0.15, -0.1) is 0 Å². The lowest BCUT2D eigenvalue weighted by atomic mass is 10.2. The molecule has 0 aliphatic carbocycles. The number of carbonyl (C=O) groups excluding carboxylic acids is 1. The van der Waals surface area contributed by atoms with E-state index in [-0.39, 0.29) is 24.2 Å². The SMILES string of the molecule is C[C@@H]1CN(C(=O)CN2CCO[C@@H](CN(C)C)C2)C[C@H](C)O1. The molecule has 21 heavy (non-hydrogen) atoms. The average molecular weight is 299 g/mol. The Balaban J connectivity index is 1.81. The Morgan fingerprint density at radius 2 is 1.86 bits per heavy atom. The number of rotatable bonds is 4. The van der Waals surface area contributed by atoms with E-state index in [0.29, 0.717) is 26.2 Å². The van der Waals surface area contributed by atoms with Crippen LogP contribution in [-0.2, 0) is 14.3 Å². The first-order valence-corrected chi connectivity index (χ1v) is 7.86. The lowest BCUT2D eigenvalue weighted by molar-refractivity contribution is -0.146. The third-order valence-electron chi connectivity index (χ3n) is 3.92. The Bertz CT molecular complexity index is 341. The van der Waals surface area contributed by atoms with Crippen molar-refractivity contribution in [3.63, 3.8) is 0 Å². The minimum Gasteiger partial charge on any atom is -0.374 e. The van der Waals surface area contributed by atoms with Gasteiger partial charge in [0, 0.05) is 32.7 Å². The highest BCUT2D eigenvalue weighted by molar-refractivity contribution is 5.78. The first-order chi connectivity index (χ1) is 9.94. The number of ether oxygens (including phenoxy) is 2. The summed E-state index contributed by atoms with van der Waals surface area (Å²) in [4.78, 5) is 18.7. The van der Waals surface area contributed by atoms with Gasteiger partial charge in [0.15, 0.2) is 0 Å². The Labute approximate surface area is 128 Å². The number of morpholine rings is 2. The highest BCUT2D eigenvalue weighted by Crippen LogP contribution is 2.12. The Kier molecular flexibility index (Phi) is 5.98. The van der Waals surface area contributed by atoms with Gasteiger partial charge < -0.3 is 19.3 Å². The van der Waals surface area contributed by atoms with Crippen LogP contribution in [0.25, 0.3) is 0 Å². The molecule has 0 unspecified atom stereocenters. The molecule has 0 aromatic rings. The maximum atomic E-state index is 12.5. The molecule has 6 nitrogen and oxygen atoms in total. The van der Waals surface area contributed by atoms with Gasteiger partial charge in [0.25, 0.3) is 0 Å². The minimum absolute atomic E-state index is 0.129. The number of hydrogen-bond donors (Lipinski definition) is 0. The van der Waals surface area contributed by atoms with Crippen LogP contribution in [0.1, 0.15) is 13.8 Å². The van der Waals surface area contributed by atoms with Crippen molar-refractivity contribution >= 4 is 5.91 Å². The summed E-state index contributed by atoms with van der Waals surface area (Å²) >= 11 is 0. The summed E-state index contributed by atoms with van der Waals surface area (Å²) in [5, 5.41) is 0. The monoisotopic (exact) mass is 299 g/mol. The molecule has 2 heterocycles. The van der Waals surface area contributed by atoms with Crippen LogP contribution in [0.5, 0.6) is 0 Å². The van der Waals surface area contributed by atoms with Crippen molar-refractivity contribution in [2.45, 2.75) is 32.2 Å². The van der Waals surface area contributed by atoms with E-state index in [9.17, 15) is 4.79 Å². The van der Waals surface area contributed by atoms with Crippen LogP contribution in [-0.4, -0.2) is 98.9 Å².